The van der Waals surface area contributed by atoms with Crippen molar-refractivity contribution in [3.8, 4) is 6.07 Å². The topological polar surface area (TPSA) is 44.1 Å². The third kappa shape index (κ3) is 6.17. The van der Waals surface area contributed by atoms with Gasteiger partial charge in [-0.05, 0) is 30.5 Å². The van der Waals surface area contributed by atoms with Crippen LogP contribution in [0.15, 0.2) is 24.3 Å². The van der Waals surface area contributed by atoms with Gasteiger partial charge in [0.05, 0.1) is 19.0 Å². The average molecular weight is 258 g/mol. The minimum atomic E-state index is -0.0265. The summed E-state index contributed by atoms with van der Waals surface area (Å²) in [5, 5.41) is 8.45. The van der Waals surface area contributed by atoms with Gasteiger partial charge >= 0.3 is 0 Å². The Hall–Kier alpha value is -1.66. The molecule has 0 N–H and O–H groups in total. The highest BCUT2D eigenvalue weighted by atomic mass is 16.1. The molecule has 19 heavy (non-hydrogen) atoms. The van der Waals surface area contributed by atoms with Gasteiger partial charge in [-0.15, -0.1) is 0 Å². The smallest absolute Gasteiger partial charge is 0.160 e. The number of ketones is 1. The molecule has 1 rings (SSSR count). The van der Waals surface area contributed by atoms with E-state index < -0.39 is 0 Å². The molecule has 1 aromatic rings. The van der Waals surface area contributed by atoms with Gasteiger partial charge in [-0.25, -0.2) is 0 Å². The molecule has 0 heterocycles. The normalized spacial score (nSPS) is 10.7. The third-order valence-corrected chi connectivity index (χ3v) is 2.84. The van der Waals surface area contributed by atoms with Crippen molar-refractivity contribution in [2.45, 2.75) is 33.2 Å². The highest BCUT2D eigenvalue weighted by Crippen LogP contribution is 2.11. The van der Waals surface area contributed by atoms with Gasteiger partial charge in [0.15, 0.2) is 5.78 Å². The molecule has 0 saturated heterocycles. The number of hydrogen-bond acceptors (Lipinski definition) is 3. The van der Waals surface area contributed by atoms with Crippen LogP contribution in [0.25, 0.3) is 0 Å². The van der Waals surface area contributed by atoms with E-state index in [9.17, 15) is 4.79 Å². The van der Waals surface area contributed by atoms with E-state index in [4.69, 9.17) is 5.26 Å². The second kappa shape index (κ2) is 7.70. The summed E-state index contributed by atoms with van der Waals surface area (Å²) in [6.45, 7) is 5.49. The Morgan fingerprint density at radius 1 is 1.26 bits per heavy atom. The van der Waals surface area contributed by atoms with E-state index in [2.05, 4.69) is 38.1 Å². The molecule has 3 nitrogen and oxygen atoms in total. The predicted molar refractivity (Wildman–Crippen MR) is 76.6 cm³/mol. The summed E-state index contributed by atoms with van der Waals surface area (Å²) in [5.74, 6) is 0.638. The van der Waals surface area contributed by atoms with Gasteiger partial charge in [0.1, 0.15) is 0 Å². The molecule has 0 unspecified atom stereocenters. The largest absolute Gasteiger partial charge is 0.297 e. The Morgan fingerprint density at radius 3 is 2.37 bits per heavy atom. The number of likely N-dealkylation sites (N-methyl/N-ethyl adjacent to an activating group) is 1. The van der Waals surface area contributed by atoms with Crippen LogP contribution in [0.1, 0.15) is 31.4 Å². The number of nitriles is 1. The number of hydrogen-bond donors (Lipinski definition) is 0. The van der Waals surface area contributed by atoms with Crippen molar-refractivity contribution in [1.29, 1.82) is 5.26 Å². The SMILES string of the molecule is CC(C)Cc1ccc(CN(C)CC(=O)CC#N)cc1. The first-order valence-corrected chi connectivity index (χ1v) is 6.66. The quantitative estimate of drug-likeness (QED) is 0.755. The number of rotatable bonds is 7. The van der Waals surface area contributed by atoms with Gasteiger partial charge < -0.3 is 0 Å². The van der Waals surface area contributed by atoms with E-state index >= 15 is 0 Å². The van der Waals surface area contributed by atoms with Gasteiger partial charge in [0.25, 0.3) is 0 Å². The maximum absolute atomic E-state index is 11.4. The van der Waals surface area contributed by atoms with Crippen molar-refractivity contribution in [2.75, 3.05) is 13.6 Å². The van der Waals surface area contributed by atoms with Crippen LogP contribution in [-0.4, -0.2) is 24.3 Å². The summed E-state index contributed by atoms with van der Waals surface area (Å²) in [7, 11) is 1.90. The van der Waals surface area contributed by atoms with Crippen molar-refractivity contribution >= 4 is 5.78 Å². The summed E-state index contributed by atoms with van der Waals surface area (Å²) in [5.41, 5.74) is 2.54. The molecule has 0 saturated carbocycles. The molecule has 0 atom stereocenters. The molecule has 0 aliphatic carbocycles. The third-order valence-electron chi connectivity index (χ3n) is 2.84. The molecule has 0 radical (unpaired) electrons. The molecule has 0 bridgehead atoms. The van der Waals surface area contributed by atoms with E-state index in [1.165, 1.54) is 11.1 Å². The fourth-order valence-electron chi connectivity index (χ4n) is 2.06. The molecule has 102 valence electrons. The Kier molecular flexibility index (Phi) is 6.24. The van der Waals surface area contributed by atoms with Crippen molar-refractivity contribution in [3.05, 3.63) is 35.4 Å². The Labute approximate surface area is 115 Å². The van der Waals surface area contributed by atoms with Crippen LogP contribution in [-0.2, 0) is 17.8 Å². The van der Waals surface area contributed by atoms with E-state index in [-0.39, 0.29) is 12.2 Å². The van der Waals surface area contributed by atoms with E-state index in [0.717, 1.165) is 13.0 Å². The monoisotopic (exact) mass is 258 g/mol. The Balaban J connectivity index is 2.49. The Morgan fingerprint density at radius 2 is 1.84 bits per heavy atom. The summed E-state index contributed by atoms with van der Waals surface area (Å²) < 4.78 is 0. The van der Waals surface area contributed by atoms with Crippen molar-refractivity contribution in [1.82, 2.24) is 4.90 Å². The Bertz CT molecular complexity index is 443. The zero-order valence-corrected chi connectivity index (χ0v) is 12.0. The summed E-state index contributed by atoms with van der Waals surface area (Å²) in [6, 6.07) is 10.4. The van der Waals surface area contributed by atoms with Crippen molar-refractivity contribution < 1.29 is 4.79 Å². The molecule has 3 heteroatoms. The molecule has 0 aliphatic heterocycles. The molecule has 0 aromatic heterocycles. The zero-order valence-electron chi connectivity index (χ0n) is 12.0. The van der Waals surface area contributed by atoms with E-state index in [1.54, 1.807) is 0 Å². The second-order valence-electron chi connectivity index (χ2n) is 5.46. The summed E-state index contributed by atoms with van der Waals surface area (Å²) in [4.78, 5) is 13.3. The number of carbonyl (C=O) groups excluding carboxylic acids is 1. The molecule has 1 aromatic carbocycles. The molecular weight excluding hydrogens is 236 g/mol. The van der Waals surface area contributed by atoms with Gasteiger partial charge in [-0.2, -0.15) is 5.26 Å². The lowest BCUT2D eigenvalue weighted by molar-refractivity contribution is -0.119. The number of carbonyl (C=O) groups is 1. The molecule has 0 aliphatic rings. The standard InChI is InChI=1S/C16H22N2O/c1-13(2)10-14-4-6-15(7-5-14)11-18(3)12-16(19)8-9-17/h4-7,13H,8,10-12H2,1-3H3. The minimum Gasteiger partial charge on any atom is -0.297 e. The molecule has 0 amide bonds. The highest BCUT2D eigenvalue weighted by Gasteiger charge is 2.07. The van der Waals surface area contributed by atoms with Crippen molar-refractivity contribution in [3.63, 3.8) is 0 Å². The first-order chi connectivity index (χ1) is 9.01. The van der Waals surface area contributed by atoms with Crippen LogP contribution in [0.5, 0.6) is 0 Å². The van der Waals surface area contributed by atoms with Crippen LogP contribution in [0.3, 0.4) is 0 Å². The summed E-state index contributed by atoms with van der Waals surface area (Å²) >= 11 is 0. The van der Waals surface area contributed by atoms with Gasteiger partial charge in [0, 0.05) is 6.54 Å². The maximum Gasteiger partial charge on any atom is 0.160 e. The van der Waals surface area contributed by atoms with Crippen LogP contribution in [0.4, 0.5) is 0 Å². The fourth-order valence-corrected chi connectivity index (χ4v) is 2.06. The fraction of sp³-hybridized carbons (Fsp3) is 0.500. The first-order valence-electron chi connectivity index (χ1n) is 6.66. The predicted octanol–water partition coefficient (Wildman–Crippen LogP) is 2.80. The number of benzene rings is 1. The van der Waals surface area contributed by atoms with Crippen LogP contribution >= 0.6 is 0 Å². The van der Waals surface area contributed by atoms with Crippen LogP contribution in [0.2, 0.25) is 0 Å². The molecule has 0 spiro atoms. The average Bonchev–Trinajstić information content (AvgIpc) is 2.31. The van der Waals surface area contributed by atoms with Gasteiger partial charge in [-0.1, -0.05) is 38.1 Å². The maximum atomic E-state index is 11.4. The second-order valence-corrected chi connectivity index (χ2v) is 5.46. The van der Waals surface area contributed by atoms with Crippen molar-refractivity contribution in [2.24, 2.45) is 5.92 Å². The summed E-state index contributed by atoms with van der Waals surface area (Å²) in [6.07, 6.45) is 1.09. The van der Waals surface area contributed by atoms with Gasteiger partial charge in [-0.3, -0.25) is 9.69 Å². The zero-order chi connectivity index (χ0) is 14.3. The molecule has 0 fully saturated rings. The van der Waals surface area contributed by atoms with Crippen LogP contribution in [0, 0.1) is 17.2 Å². The highest BCUT2D eigenvalue weighted by molar-refractivity contribution is 5.82. The van der Waals surface area contributed by atoms with Crippen LogP contribution < -0.4 is 0 Å². The first kappa shape index (κ1) is 15.4. The number of nitrogens with zero attached hydrogens (tertiary/aromatic N) is 2. The number of Topliss-reactive ketones (excluding diaryl/α,β-unsaturated/α-hetero) is 1. The van der Waals surface area contributed by atoms with E-state index in [0.29, 0.717) is 12.5 Å². The van der Waals surface area contributed by atoms with E-state index in [1.807, 2.05) is 18.0 Å². The lowest BCUT2D eigenvalue weighted by atomic mass is 10.0. The van der Waals surface area contributed by atoms with Gasteiger partial charge in [0.2, 0.25) is 0 Å². The molecular formula is C16H22N2O. The minimum absolute atomic E-state index is 0.00232. The lowest BCUT2D eigenvalue weighted by Gasteiger charge is -2.15. The lowest BCUT2D eigenvalue weighted by Crippen LogP contribution is -2.25.